The Morgan fingerprint density at radius 2 is 1.62 bits per heavy atom. The molecule has 0 radical (unpaired) electrons. The van der Waals surface area contributed by atoms with Gasteiger partial charge in [0.1, 0.15) is 11.8 Å². The summed E-state index contributed by atoms with van der Waals surface area (Å²) in [6, 6.07) is 22.8. The molecule has 2 amide bonds. The largest absolute Gasteiger partial charge is 0.483 e. The van der Waals surface area contributed by atoms with Gasteiger partial charge in [-0.2, -0.15) is 0 Å². The highest BCUT2D eigenvalue weighted by molar-refractivity contribution is 9.10. The molecule has 196 valence electrons. The standard InChI is InChI=1S/C30H34Br2N2O3/c1-3-5-17-33-30(36)27(19-23-9-7-6-8-10-23)34(20-24-11-14-25(31)15-12-24)29(35)21-37-28-16-13-22(4-2)18-26(28)32/h6-16,18,27H,3-5,17,19-21H2,1-2H3,(H,33,36)/t27-/m0/s1. The van der Waals surface area contributed by atoms with Crippen LogP contribution in [0.2, 0.25) is 0 Å². The quantitative estimate of drug-likeness (QED) is 0.214. The van der Waals surface area contributed by atoms with Crippen LogP contribution in [0.15, 0.2) is 81.7 Å². The van der Waals surface area contributed by atoms with Crippen molar-refractivity contribution >= 4 is 43.7 Å². The average molecular weight is 630 g/mol. The highest BCUT2D eigenvalue weighted by Gasteiger charge is 2.30. The number of hydrogen-bond acceptors (Lipinski definition) is 3. The van der Waals surface area contributed by atoms with Gasteiger partial charge in [-0.25, -0.2) is 0 Å². The second-order valence-electron chi connectivity index (χ2n) is 8.91. The monoisotopic (exact) mass is 628 g/mol. The third-order valence-electron chi connectivity index (χ3n) is 6.12. The summed E-state index contributed by atoms with van der Waals surface area (Å²) in [5.74, 6) is 0.193. The smallest absolute Gasteiger partial charge is 0.261 e. The maximum atomic E-state index is 13.7. The van der Waals surface area contributed by atoms with E-state index in [1.807, 2.05) is 72.8 Å². The molecule has 1 N–H and O–H groups in total. The van der Waals surface area contributed by atoms with E-state index in [0.29, 0.717) is 25.3 Å². The second kappa shape index (κ2) is 14.9. The Bertz CT molecular complexity index is 1150. The van der Waals surface area contributed by atoms with E-state index < -0.39 is 6.04 Å². The molecule has 0 bridgehead atoms. The van der Waals surface area contributed by atoms with E-state index in [2.05, 4.69) is 51.0 Å². The Balaban J connectivity index is 1.88. The van der Waals surface area contributed by atoms with Crippen molar-refractivity contribution in [3.63, 3.8) is 0 Å². The summed E-state index contributed by atoms with van der Waals surface area (Å²) >= 11 is 7.02. The van der Waals surface area contributed by atoms with Crippen molar-refractivity contribution in [1.82, 2.24) is 10.2 Å². The Morgan fingerprint density at radius 3 is 2.27 bits per heavy atom. The molecule has 3 aromatic rings. The maximum Gasteiger partial charge on any atom is 0.261 e. The summed E-state index contributed by atoms with van der Waals surface area (Å²) in [6.45, 7) is 4.87. The highest BCUT2D eigenvalue weighted by Crippen LogP contribution is 2.26. The molecule has 0 aliphatic rings. The Labute approximate surface area is 236 Å². The van der Waals surface area contributed by atoms with Gasteiger partial charge in [-0.15, -0.1) is 0 Å². The number of ether oxygens (including phenoxy) is 1. The molecule has 0 aliphatic heterocycles. The number of halogens is 2. The van der Waals surface area contributed by atoms with Gasteiger partial charge in [0.15, 0.2) is 6.61 Å². The molecule has 0 heterocycles. The number of aryl methyl sites for hydroxylation is 1. The number of carbonyl (C=O) groups excluding carboxylic acids is 2. The van der Waals surface area contributed by atoms with E-state index in [0.717, 1.165) is 39.3 Å². The third-order valence-corrected chi connectivity index (χ3v) is 7.27. The third kappa shape index (κ3) is 9.00. The van der Waals surface area contributed by atoms with Crippen LogP contribution in [-0.4, -0.2) is 35.9 Å². The van der Waals surface area contributed by atoms with Crippen LogP contribution in [0.1, 0.15) is 43.4 Å². The molecule has 0 unspecified atom stereocenters. The molecular weight excluding hydrogens is 596 g/mol. The molecular formula is C30H34Br2N2O3. The average Bonchev–Trinajstić information content (AvgIpc) is 2.91. The molecule has 7 heteroatoms. The van der Waals surface area contributed by atoms with Gasteiger partial charge in [0.25, 0.3) is 5.91 Å². The van der Waals surface area contributed by atoms with Crippen molar-refractivity contribution in [2.45, 2.75) is 52.1 Å². The van der Waals surface area contributed by atoms with Crippen molar-refractivity contribution in [3.8, 4) is 5.75 Å². The van der Waals surface area contributed by atoms with E-state index in [1.54, 1.807) is 4.90 Å². The summed E-state index contributed by atoms with van der Waals surface area (Å²) in [5, 5.41) is 3.04. The lowest BCUT2D eigenvalue weighted by atomic mass is 10.0. The highest BCUT2D eigenvalue weighted by atomic mass is 79.9. The van der Waals surface area contributed by atoms with Crippen molar-refractivity contribution in [2.24, 2.45) is 0 Å². The van der Waals surface area contributed by atoms with E-state index >= 15 is 0 Å². The van der Waals surface area contributed by atoms with Gasteiger partial charge in [-0.05, 0) is 69.7 Å². The molecule has 0 saturated carbocycles. The number of nitrogens with zero attached hydrogens (tertiary/aromatic N) is 1. The van der Waals surface area contributed by atoms with E-state index in [4.69, 9.17) is 4.74 Å². The Kier molecular flexibility index (Phi) is 11.7. The maximum absolute atomic E-state index is 13.7. The van der Waals surface area contributed by atoms with Crippen LogP contribution in [0.3, 0.4) is 0 Å². The first-order valence-corrected chi connectivity index (χ1v) is 14.3. The zero-order valence-corrected chi connectivity index (χ0v) is 24.6. The number of benzene rings is 3. The van der Waals surface area contributed by atoms with Crippen molar-refractivity contribution in [1.29, 1.82) is 0 Å². The van der Waals surface area contributed by atoms with Gasteiger partial charge in [-0.3, -0.25) is 9.59 Å². The van der Waals surface area contributed by atoms with Crippen LogP contribution in [-0.2, 0) is 29.0 Å². The van der Waals surface area contributed by atoms with Gasteiger partial charge in [0.05, 0.1) is 4.47 Å². The summed E-state index contributed by atoms with van der Waals surface area (Å²) in [5.41, 5.74) is 3.10. The molecule has 5 nitrogen and oxygen atoms in total. The lowest BCUT2D eigenvalue weighted by Gasteiger charge is -2.31. The summed E-state index contributed by atoms with van der Waals surface area (Å²) in [6.07, 6.45) is 3.18. The van der Waals surface area contributed by atoms with Crippen LogP contribution >= 0.6 is 31.9 Å². The van der Waals surface area contributed by atoms with Crippen LogP contribution in [0.25, 0.3) is 0 Å². The van der Waals surface area contributed by atoms with Crippen molar-refractivity contribution in [2.75, 3.05) is 13.2 Å². The minimum absolute atomic E-state index is 0.156. The van der Waals surface area contributed by atoms with Gasteiger partial charge in [-0.1, -0.05) is 84.7 Å². The number of carbonyl (C=O) groups is 2. The zero-order valence-electron chi connectivity index (χ0n) is 21.4. The van der Waals surface area contributed by atoms with Gasteiger partial charge >= 0.3 is 0 Å². The molecule has 0 aliphatic carbocycles. The first-order valence-electron chi connectivity index (χ1n) is 12.7. The fraction of sp³-hybridized carbons (Fsp3) is 0.333. The molecule has 0 saturated heterocycles. The minimum atomic E-state index is -0.676. The van der Waals surface area contributed by atoms with Gasteiger partial charge in [0.2, 0.25) is 5.91 Å². The number of nitrogens with one attached hydrogen (secondary N) is 1. The number of hydrogen-bond donors (Lipinski definition) is 1. The number of amides is 2. The molecule has 3 aromatic carbocycles. The summed E-state index contributed by atoms with van der Waals surface area (Å²) in [7, 11) is 0. The van der Waals surface area contributed by atoms with Crippen molar-refractivity contribution < 1.29 is 14.3 Å². The molecule has 0 fully saturated rings. The Hall–Kier alpha value is -2.64. The fourth-order valence-corrected chi connectivity index (χ4v) is 4.76. The number of unbranched alkanes of at least 4 members (excludes halogenated alkanes) is 1. The van der Waals surface area contributed by atoms with Crippen LogP contribution in [0.4, 0.5) is 0 Å². The SMILES string of the molecule is CCCCNC(=O)[C@H](Cc1ccccc1)N(Cc1ccc(Br)cc1)C(=O)COc1ccc(CC)cc1Br. The topological polar surface area (TPSA) is 58.6 Å². The molecule has 3 rings (SSSR count). The predicted octanol–water partition coefficient (Wildman–Crippen LogP) is 6.71. The van der Waals surface area contributed by atoms with Crippen LogP contribution in [0, 0.1) is 0 Å². The van der Waals surface area contributed by atoms with Crippen molar-refractivity contribution in [3.05, 3.63) is 98.4 Å². The zero-order chi connectivity index (χ0) is 26.6. The van der Waals surface area contributed by atoms with E-state index in [9.17, 15) is 9.59 Å². The normalized spacial score (nSPS) is 11.6. The summed E-state index contributed by atoms with van der Waals surface area (Å²) < 4.78 is 7.69. The van der Waals surface area contributed by atoms with Crippen LogP contribution < -0.4 is 10.1 Å². The van der Waals surface area contributed by atoms with Crippen LogP contribution in [0.5, 0.6) is 5.75 Å². The fourth-order valence-electron chi connectivity index (χ4n) is 3.95. The Morgan fingerprint density at radius 1 is 0.919 bits per heavy atom. The summed E-state index contributed by atoms with van der Waals surface area (Å²) in [4.78, 5) is 28.8. The van der Waals surface area contributed by atoms with E-state index in [-0.39, 0.29) is 18.4 Å². The van der Waals surface area contributed by atoms with Gasteiger partial charge < -0.3 is 15.0 Å². The molecule has 0 aromatic heterocycles. The predicted molar refractivity (Wildman–Crippen MR) is 156 cm³/mol. The lowest BCUT2D eigenvalue weighted by Crippen LogP contribution is -2.51. The second-order valence-corrected chi connectivity index (χ2v) is 10.7. The molecule has 37 heavy (non-hydrogen) atoms. The molecule has 1 atom stereocenters. The first-order chi connectivity index (χ1) is 17.9. The molecule has 0 spiro atoms. The van der Waals surface area contributed by atoms with Gasteiger partial charge in [0, 0.05) is 24.0 Å². The van der Waals surface area contributed by atoms with E-state index in [1.165, 1.54) is 5.56 Å². The minimum Gasteiger partial charge on any atom is -0.483 e. The first kappa shape index (κ1) is 28.9. The lowest BCUT2D eigenvalue weighted by molar-refractivity contribution is -0.142. The number of rotatable bonds is 13.